The van der Waals surface area contributed by atoms with Crippen molar-refractivity contribution in [1.82, 2.24) is 13.8 Å². The summed E-state index contributed by atoms with van der Waals surface area (Å²) in [4.78, 5) is 29.4. The molecule has 1 aromatic heterocycles. The van der Waals surface area contributed by atoms with Crippen LogP contribution in [0, 0.1) is 6.92 Å². The van der Waals surface area contributed by atoms with E-state index in [1.807, 2.05) is 0 Å². The van der Waals surface area contributed by atoms with Crippen molar-refractivity contribution < 1.29 is 13.2 Å². The second-order valence-corrected chi connectivity index (χ2v) is 10.7. The largest absolute Gasteiger partial charge is 0.367 e. The smallest absolute Gasteiger partial charge is 0.307 e. The molecule has 1 fully saturated rings. The Balaban J connectivity index is 1.94. The number of thiazole rings is 1. The van der Waals surface area contributed by atoms with Gasteiger partial charge in [-0.1, -0.05) is 32.1 Å². The molecule has 3 rings (SSSR count). The number of nitrogens with one attached hydrogen (secondary N) is 1. The monoisotopic (exact) mass is 495 g/mol. The fourth-order valence-electron chi connectivity index (χ4n) is 4.00. The minimum Gasteiger partial charge on any atom is -0.367 e. The summed E-state index contributed by atoms with van der Waals surface area (Å²) in [7, 11) is -3.68. The lowest BCUT2D eigenvalue weighted by molar-refractivity contribution is -0.116. The molecular formula is C22H33N5O4S2. The Morgan fingerprint density at radius 2 is 1.79 bits per heavy atom. The van der Waals surface area contributed by atoms with Crippen molar-refractivity contribution in [2.75, 3.05) is 56.0 Å². The highest BCUT2D eigenvalue weighted by Gasteiger charge is 2.25. The van der Waals surface area contributed by atoms with Crippen molar-refractivity contribution in [2.45, 2.75) is 39.1 Å². The van der Waals surface area contributed by atoms with Crippen LogP contribution >= 0.6 is 11.3 Å². The number of anilines is 2. The zero-order valence-electron chi connectivity index (χ0n) is 19.7. The highest BCUT2D eigenvalue weighted by Crippen LogP contribution is 2.31. The Morgan fingerprint density at radius 1 is 1.12 bits per heavy atom. The first-order valence-electron chi connectivity index (χ1n) is 11.3. The molecule has 182 valence electrons. The molecule has 0 unspecified atom stereocenters. The predicted octanol–water partition coefficient (Wildman–Crippen LogP) is 2.03. The third kappa shape index (κ3) is 5.65. The summed E-state index contributed by atoms with van der Waals surface area (Å²) in [6, 6.07) is 4.92. The van der Waals surface area contributed by atoms with Crippen LogP contribution < -0.4 is 15.1 Å². The quantitative estimate of drug-likeness (QED) is 0.572. The van der Waals surface area contributed by atoms with Crippen molar-refractivity contribution in [2.24, 2.45) is 0 Å². The van der Waals surface area contributed by atoms with E-state index in [1.165, 1.54) is 14.9 Å². The lowest BCUT2D eigenvalue weighted by Gasteiger charge is -2.36. The molecule has 1 aliphatic heterocycles. The van der Waals surface area contributed by atoms with Gasteiger partial charge >= 0.3 is 4.87 Å². The molecule has 2 aromatic rings. The number of aromatic nitrogens is 1. The number of piperazine rings is 1. The summed E-state index contributed by atoms with van der Waals surface area (Å²) in [6.45, 7) is 12.4. The van der Waals surface area contributed by atoms with Gasteiger partial charge in [0, 0.05) is 50.3 Å². The van der Waals surface area contributed by atoms with Crippen LogP contribution in [0.15, 0.2) is 33.3 Å². The van der Waals surface area contributed by atoms with Gasteiger partial charge in [0.1, 0.15) is 6.54 Å². The molecule has 1 aliphatic rings. The number of hydrogen-bond acceptors (Lipinski definition) is 7. The maximum Gasteiger partial charge on any atom is 0.307 e. The molecule has 33 heavy (non-hydrogen) atoms. The van der Waals surface area contributed by atoms with Gasteiger partial charge in [0.15, 0.2) is 0 Å². The summed E-state index contributed by atoms with van der Waals surface area (Å²) in [5.41, 5.74) is 1.94. The number of nitrogens with zero attached hydrogens (tertiary/aromatic N) is 4. The molecule has 9 nitrogen and oxygen atoms in total. The minimum atomic E-state index is -3.68. The highest BCUT2D eigenvalue weighted by molar-refractivity contribution is 7.89. The fourth-order valence-corrected chi connectivity index (χ4v) is 6.22. The molecule has 1 N–H and O–H groups in total. The molecule has 1 amide bonds. The van der Waals surface area contributed by atoms with E-state index in [4.69, 9.17) is 0 Å². The molecular weight excluding hydrogens is 462 g/mol. The van der Waals surface area contributed by atoms with Gasteiger partial charge in [-0.25, -0.2) is 8.42 Å². The molecule has 2 heterocycles. The van der Waals surface area contributed by atoms with E-state index in [-0.39, 0.29) is 22.2 Å². The van der Waals surface area contributed by atoms with Crippen molar-refractivity contribution >= 4 is 38.6 Å². The average Bonchev–Trinajstić information content (AvgIpc) is 3.11. The van der Waals surface area contributed by atoms with Crippen molar-refractivity contribution in [3.05, 3.63) is 38.9 Å². The summed E-state index contributed by atoms with van der Waals surface area (Å²) in [6.07, 6.45) is 0. The summed E-state index contributed by atoms with van der Waals surface area (Å²) >= 11 is 1.05. The molecule has 0 aliphatic carbocycles. The first-order chi connectivity index (χ1) is 15.7. The number of aryl methyl sites for hydroxylation is 1. The minimum absolute atomic E-state index is 0.121. The normalized spacial score (nSPS) is 15.2. The maximum absolute atomic E-state index is 13.1. The van der Waals surface area contributed by atoms with Gasteiger partial charge in [-0.3, -0.25) is 14.2 Å². The number of likely N-dealkylation sites (N-methyl/N-ethyl adjacent to an activating group) is 1. The first kappa shape index (κ1) is 25.4. The van der Waals surface area contributed by atoms with Crippen LogP contribution in [0.25, 0.3) is 0 Å². The van der Waals surface area contributed by atoms with Gasteiger partial charge in [-0.15, -0.1) is 0 Å². The van der Waals surface area contributed by atoms with Crippen molar-refractivity contribution in [3.8, 4) is 0 Å². The Kier molecular flexibility index (Phi) is 8.33. The molecule has 0 spiro atoms. The van der Waals surface area contributed by atoms with Gasteiger partial charge in [0.05, 0.1) is 16.3 Å². The average molecular weight is 496 g/mol. The van der Waals surface area contributed by atoms with Gasteiger partial charge in [-0.2, -0.15) is 4.31 Å². The van der Waals surface area contributed by atoms with Crippen LogP contribution in [0.2, 0.25) is 0 Å². The first-order valence-corrected chi connectivity index (χ1v) is 13.6. The van der Waals surface area contributed by atoms with Crippen LogP contribution in [-0.2, 0) is 21.4 Å². The molecule has 0 bridgehead atoms. The van der Waals surface area contributed by atoms with Gasteiger partial charge in [0.25, 0.3) is 0 Å². The predicted molar refractivity (Wildman–Crippen MR) is 133 cm³/mol. The van der Waals surface area contributed by atoms with E-state index in [2.05, 4.69) is 22.0 Å². The number of sulfonamides is 1. The van der Waals surface area contributed by atoms with Crippen LogP contribution in [-0.4, -0.2) is 73.9 Å². The zero-order chi connectivity index (χ0) is 24.2. The lowest BCUT2D eigenvalue weighted by Crippen LogP contribution is -2.46. The molecule has 1 saturated heterocycles. The standard InChI is InChI=1S/C22H33N5O4S2/c1-5-24-10-12-25(13-11-24)20-9-8-18(33(30,31)26(6-2)7-3)14-19(20)23-21(28)15-27-17(4)16-32-22(27)29/h8-9,14,16H,5-7,10-13,15H2,1-4H3,(H,23,28). The molecule has 0 radical (unpaired) electrons. The molecule has 1 aromatic carbocycles. The fraction of sp³-hybridized carbons (Fsp3) is 0.545. The molecule has 0 atom stereocenters. The topological polar surface area (TPSA) is 95.0 Å². The van der Waals surface area contributed by atoms with Crippen molar-refractivity contribution in [3.63, 3.8) is 0 Å². The Hall–Kier alpha value is -2.21. The molecule has 0 saturated carbocycles. The van der Waals surface area contributed by atoms with Crippen LogP contribution in [0.4, 0.5) is 11.4 Å². The second-order valence-electron chi connectivity index (χ2n) is 7.97. The van der Waals surface area contributed by atoms with E-state index >= 15 is 0 Å². The molecule has 11 heteroatoms. The summed E-state index contributed by atoms with van der Waals surface area (Å²) in [5, 5.41) is 4.59. The maximum atomic E-state index is 13.1. The number of amides is 1. The Morgan fingerprint density at radius 3 is 2.33 bits per heavy atom. The van der Waals surface area contributed by atoms with Gasteiger partial charge in [-0.05, 0) is 31.7 Å². The van der Waals surface area contributed by atoms with Crippen molar-refractivity contribution in [1.29, 1.82) is 0 Å². The van der Waals surface area contributed by atoms with E-state index in [0.717, 1.165) is 49.7 Å². The highest BCUT2D eigenvalue weighted by atomic mass is 32.2. The number of hydrogen-bond donors (Lipinski definition) is 1. The van der Waals surface area contributed by atoms with E-state index in [1.54, 1.807) is 38.3 Å². The van der Waals surface area contributed by atoms with Crippen LogP contribution in [0.3, 0.4) is 0 Å². The second kappa shape index (κ2) is 10.8. The van der Waals surface area contributed by atoms with E-state index in [9.17, 15) is 18.0 Å². The van der Waals surface area contributed by atoms with Crippen LogP contribution in [0.5, 0.6) is 0 Å². The number of carbonyl (C=O) groups excluding carboxylic acids is 1. The van der Waals surface area contributed by atoms with Gasteiger partial charge < -0.3 is 15.1 Å². The number of rotatable bonds is 9. The lowest BCUT2D eigenvalue weighted by atomic mass is 10.2. The third-order valence-corrected chi connectivity index (χ3v) is 8.95. The summed E-state index contributed by atoms with van der Waals surface area (Å²) < 4.78 is 29.0. The Bertz CT molecular complexity index is 1130. The van der Waals surface area contributed by atoms with Crippen LogP contribution in [0.1, 0.15) is 26.5 Å². The number of carbonyl (C=O) groups is 1. The van der Waals surface area contributed by atoms with Gasteiger partial charge in [0.2, 0.25) is 15.9 Å². The van der Waals surface area contributed by atoms with E-state index in [0.29, 0.717) is 24.5 Å². The SMILES string of the molecule is CCN1CCN(c2ccc(S(=O)(=O)N(CC)CC)cc2NC(=O)Cn2c(C)csc2=O)CC1. The summed E-state index contributed by atoms with van der Waals surface area (Å²) in [5.74, 6) is -0.371. The Labute approximate surface area is 199 Å². The number of benzene rings is 1. The van der Waals surface area contributed by atoms with E-state index < -0.39 is 10.0 Å². The third-order valence-electron chi connectivity index (χ3n) is 6.02. The zero-order valence-corrected chi connectivity index (χ0v) is 21.3.